The van der Waals surface area contributed by atoms with E-state index in [1.807, 2.05) is 6.92 Å². The fourth-order valence-corrected chi connectivity index (χ4v) is 6.77. The monoisotopic (exact) mass is 532 g/mol. The number of halogens is 1. The van der Waals surface area contributed by atoms with Gasteiger partial charge in [0.05, 0.1) is 28.8 Å². The number of para-hydroxylation sites is 1. The number of benzene rings is 1. The van der Waals surface area contributed by atoms with Crippen molar-refractivity contribution in [2.45, 2.75) is 69.6 Å². The van der Waals surface area contributed by atoms with E-state index in [1.54, 1.807) is 47.1 Å². The minimum Gasteiger partial charge on any atom is -0.466 e. The Morgan fingerprint density at radius 3 is 2.68 bits per heavy atom. The van der Waals surface area contributed by atoms with Crippen LogP contribution in [0.4, 0.5) is 5.69 Å². The van der Waals surface area contributed by atoms with Gasteiger partial charge >= 0.3 is 5.97 Å². The first kappa shape index (κ1) is 27.6. The Bertz CT molecular complexity index is 1050. The van der Waals surface area contributed by atoms with Crippen molar-refractivity contribution in [1.29, 1.82) is 0 Å². The summed E-state index contributed by atoms with van der Waals surface area (Å²) in [4.78, 5) is 44.7. The summed E-state index contributed by atoms with van der Waals surface area (Å²) < 4.78 is 12.0. The second-order valence-corrected chi connectivity index (χ2v) is 10.7. The van der Waals surface area contributed by atoms with Gasteiger partial charge in [0.2, 0.25) is 5.91 Å². The predicted octanol–water partition coefficient (Wildman–Crippen LogP) is 3.74. The number of aliphatic hydroxyl groups excluding tert-OH is 1. The lowest BCUT2D eigenvalue weighted by molar-refractivity contribution is -0.159. The fourth-order valence-electron chi connectivity index (χ4n) is 6.54. The molecule has 202 valence electrons. The van der Waals surface area contributed by atoms with E-state index >= 15 is 0 Å². The molecule has 1 N–H and O–H groups in total. The van der Waals surface area contributed by atoms with Crippen molar-refractivity contribution in [3.8, 4) is 0 Å². The molecule has 0 radical (unpaired) electrons. The largest absolute Gasteiger partial charge is 0.466 e. The maximum absolute atomic E-state index is 14.4. The number of aliphatic hydroxyl groups is 1. The highest BCUT2D eigenvalue weighted by Crippen LogP contribution is 2.63. The summed E-state index contributed by atoms with van der Waals surface area (Å²) >= 11 is 6.49. The molecule has 1 spiro atoms. The number of rotatable bonds is 12. The molecule has 1 aromatic carbocycles. The molecule has 1 aromatic rings. The Morgan fingerprint density at radius 2 is 2.00 bits per heavy atom. The first-order chi connectivity index (χ1) is 17.8. The van der Waals surface area contributed by atoms with Crippen LogP contribution in [0.3, 0.4) is 0 Å². The average Bonchev–Trinajstić information content (AvgIpc) is 3.43. The van der Waals surface area contributed by atoms with Gasteiger partial charge in [-0.15, -0.1) is 6.58 Å². The molecule has 9 heteroatoms. The van der Waals surface area contributed by atoms with E-state index in [2.05, 4.69) is 6.58 Å². The first-order valence-electron chi connectivity index (χ1n) is 13.2. The highest BCUT2D eigenvalue weighted by Gasteiger charge is 2.78. The quantitative estimate of drug-likeness (QED) is 0.250. The number of anilines is 1. The minimum absolute atomic E-state index is 0.122. The summed E-state index contributed by atoms with van der Waals surface area (Å²) in [7, 11) is 0. The van der Waals surface area contributed by atoms with Gasteiger partial charge in [-0.2, -0.15) is 0 Å². The lowest BCUT2D eigenvalue weighted by Crippen LogP contribution is -2.56. The summed E-state index contributed by atoms with van der Waals surface area (Å²) in [5, 5.41) is 9.53. The van der Waals surface area contributed by atoms with Crippen LogP contribution in [-0.2, 0) is 23.9 Å². The maximum atomic E-state index is 14.4. The lowest BCUT2D eigenvalue weighted by Gasteiger charge is -2.37. The number of carbonyl (C=O) groups is 3. The summed E-state index contributed by atoms with van der Waals surface area (Å²) in [6.07, 6.45) is 5.68. The van der Waals surface area contributed by atoms with Crippen LogP contribution in [0, 0.1) is 11.8 Å². The fraction of sp³-hybridized carbons (Fsp3) is 0.607. The van der Waals surface area contributed by atoms with E-state index in [1.165, 1.54) is 0 Å². The van der Waals surface area contributed by atoms with Crippen LogP contribution in [0.2, 0.25) is 5.02 Å². The number of likely N-dealkylation sites (tertiary alicyclic amines) is 1. The van der Waals surface area contributed by atoms with Crippen LogP contribution >= 0.6 is 11.6 Å². The molecule has 2 unspecified atom stereocenters. The molecular weight excluding hydrogens is 496 g/mol. The molecule has 3 fully saturated rings. The Kier molecular flexibility index (Phi) is 8.31. The molecule has 37 heavy (non-hydrogen) atoms. The Balaban J connectivity index is 1.74. The zero-order chi connectivity index (χ0) is 26.8. The molecule has 3 aliphatic rings. The van der Waals surface area contributed by atoms with Gasteiger partial charge in [-0.1, -0.05) is 42.7 Å². The summed E-state index contributed by atoms with van der Waals surface area (Å²) in [6.45, 7) is 8.31. The SMILES string of the molecule is C=CCN(C(=O)C1N(CCCCCCO)C(=O)[C@@H]2[C@@H](C(=O)OCC)[C@@]3(C)CCC12O3)c1ccccc1Cl. The van der Waals surface area contributed by atoms with Crippen LogP contribution < -0.4 is 4.90 Å². The molecule has 2 amide bonds. The first-order valence-corrected chi connectivity index (χ1v) is 13.6. The highest BCUT2D eigenvalue weighted by molar-refractivity contribution is 6.34. The van der Waals surface area contributed by atoms with Crippen LogP contribution in [0.25, 0.3) is 0 Å². The zero-order valence-electron chi connectivity index (χ0n) is 21.7. The Morgan fingerprint density at radius 1 is 1.27 bits per heavy atom. The number of esters is 1. The lowest BCUT2D eigenvalue weighted by atomic mass is 9.66. The zero-order valence-corrected chi connectivity index (χ0v) is 22.4. The van der Waals surface area contributed by atoms with Crippen molar-refractivity contribution in [3.63, 3.8) is 0 Å². The molecule has 2 bridgehead atoms. The summed E-state index contributed by atoms with van der Waals surface area (Å²) in [5.74, 6) is -2.53. The molecule has 0 saturated carbocycles. The van der Waals surface area contributed by atoms with E-state index in [0.29, 0.717) is 42.9 Å². The van der Waals surface area contributed by atoms with Crippen molar-refractivity contribution in [3.05, 3.63) is 41.9 Å². The number of unbranched alkanes of at least 4 members (excludes halogenated alkanes) is 3. The van der Waals surface area contributed by atoms with Gasteiger partial charge < -0.3 is 24.4 Å². The molecule has 8 nitrogen and oxygen atoms in total. The number of amides is 2. The summed E-state index contributed by atoms with van der Waals surface area (Å²) in [5.41, 5.74) is -1.46. The van der Waals surface area contributed by atoms with Crippen LogP contribution in [0.1, 0.15) is 52.4 Å². The number of fused-ring (bicyclic) bond motifs is 1. The number of hydrogen-bond donors (Lipinski definition) is 1. The van der Waals surface area contributed by atoms with Gasteiger partial charge in [0.1, 0.15) is 17.6 Å². The third-order valence-electron chi connectivity index (χ3n) is 8.08. The smallest absolute Gasteiger partial charge is 0.312 e. The van der Waals surface area contributed by atoms with Crippen molar-refractivity contribution in [1.82, 2.24) is 4.90 Å². The standard InChI is InChI=1S/C28H37ClN2O6/c1-4-16-30(20-13-9-8-12-19(20)29)25(34)23-28-15-14-27(3,37-28)22(26(35)36-5-2)21(28)24(33)31(23)17-10-6-7-11-18-32/h4,8-9,12-13,21-23,32H,1,5-7,10-11,14-18H2,2-3H3/t21-,22-,23?,27+,28?/m0/s1. The highest BCUT2D eigenvalue weighted by atomic mass is 35.5. The van der Waals surface area contributed by atoms with E-state index in [0.717, 1.165) is 12.8 Å². The Hall–Kier alpha value is -2.42. The van der Waals surface area contributed by atoms with Crippen LogP contribution in [-0.4, -0.2) is 71.3 Å². The molecule has 4 rings (SSSR count). The molecule has 0 aromatic heterocycles. The maximum Gasteiger partial charge on any atom is 0.312 e. The third-order valence-corrected chi connectivity index (χ3v) is 8.40. The molecule has 3 aliphatic heterocycles. The van der Waals surface area contributed by atoms with E-state index < -0.39 is 35.0 Å². The van der Waals surface area contributed by atoms with Gasteiger partial charge in [-0.05, 0) is 51.7 Å². The number of carbonyl (C=O) groups excluding carboxylic acids is 3. The normalized spacial score (nSPS) is 29.9. The van der Waals surface area contributed by atoms with Crippen molar-refractivity contribution >= 4 is 35.1 Å². The van der Waals surface area contributed by atoms with Gasteiger partial charge in [-0.3, -0.25) is 14.4 Å². The number of ether oxygens (including phenoxy) is 2. The van der Waals surface area contributed by atoms with Gasteiger partial charge in [0.25, 0.3) is 5.91 Å². The van der Waals surface area contributed by atoms with Gasteiger partial charge in [0, 0.05) is 19.7 Å². The van der Waals surface area contributed by atoms with Crippen LogP contribution in [0.5, 0.6) is 0 Å². The topological polar surface area (TPSA) is 96.4 Å². The molecular formula is C28H37ClN2O6. The average molecular weight is 533 g/mol. The number of hydrogen-bond acceptors (Lipinski definition) is 6. The minimum atomic E-state index is -1.12. The molecule has 3 heterocycles. The van der Waals surface area contributed by atoms with E-state index in [-0.39, 0.29) is 31.6 Å². The summed E-state index contributed by atoms with van der Waals surface area (Å²) in [6, 6.07) is 6.18. The molecule has 3 saturated heterocycles. The van der Waals surface area contributed by atoms with Gasteiger partial charge in [-0.25, -0.2) is 0 Å². The van der Waals surface area contributed by atoms with Crippen molar-refractivity contribution in [2.75, 3.05) is 31.2 Å². The van der Waals surface area contributed by atoms with E-state index in [4.69, 9.17) is 26.2 Å². The van der Waals surface area contributed by atoms with Gasteiger partial charge in [0.15, 0.2) is 0 Å². The Labute approximate surface area is 223 Å². The van der Waals surface area contributed by atoms with Crippen molar-refractivity contribution in [2.24, 2.45) is 11.8 Å². The third kappa shape index (κ3) is 4.68. The number of nitrogens with zero attached hydrogens (tertiary/aromatic N) is 2. The predicted molar refractivity (Wildman–Crippen MR) is 140 cm³/mol. The van der Waals surface area contributed by atoms with Crippen molar-refractivity contribution < 1.29 is 29.0 Å². The van der Waals surface area contributed by atoms with E-state index in [9.17, 15) is 14.4 Å². The molecule has 0 aliphatic carbocycles. The molecule has 5 atom stereocenters. The second-order valence-electron chi connectivity index (χ2n) is 10.3. The second kappa shape index (κ2) is 11.1. The van der Waals surface area contributed by atoms with Crippen LogP contribution in [0.15, 0.2) is 36.9 Å².